The smallest absolute Gasteiger partial charge is 0.141 e. The van der Waals surface area contributed by atoms with Crippen LogP contribution in [0.25, 0.3) is 11.1 Å². The molecule has 0 saturated carbocycles. The lowest BCUT2D eigenvalue weighted by Crippen LogP contribution is -2.02. The van der Waals surface area contributed by atoms with Gasteiger partial charge in [0.25, 0.3) is 0 Å². The van der Waals surface area contributed by atoms with E-state index in [-0.39, 0.29) is 0 Å². The van der Waals surface area contributed by atoms with Crippen LogP contribution in [0.4, 0.5) is 0 Å². The van der Waals surface area contributed by atoms with Crippen LogP contribution >= 0.6 is 11.6 Å². The monoisotopic (exact) mass is 348 g/mol. The average molecular weight is 349 g/mol. The average Bonchev–Trinajstić information content (AvgIpc) is 3.11. The predicted octanol–water partition coefficient (Wildman–Crippen LogP) is 6.38. The molecular weight excluding hydrogens is 328 g/mol. The molecule has 25 heavy (non-hydrogen) atoms. The summed E-state index contributed by atoms with van der Waals surface area (Å²) in [5, 5.41) is 0.720. The van der Waals surface area contributed by atoms with Gasteiger partial charge < -0.3 is 4.74 Å². The van der Waals surface area contributed by atoms with Crippen molar-refractivity contribution >= 4 is 11.6 Å². The van der Waals surface area contributed by atoms with E-state index in [4.69, 9.17) is 16.3 Å². The molecule has 3 aromatic rings. The summed E-state index contributed by atoms with van der Waals surface area (Å²) in [4.78, 5) is 0. The highest BCUT2D eigenvalue weighted by Crippen LogP contribution is 2.37. The third kappa shape index (κ3) is 3.17. The molecule has 126 valence electrons. The number of benzene rings is 3. The number of halogens is 1. The van der Waals surface area contributed by atoms with Crippen LogP contribution in [0.5, 0.6) is 5.75 Å². The zero-order valence-corrected chi connectivity index (χ0v) is 15.1. The molecule has 0 unspecified atom stereocenters. The Morgan fingerprint density at radius 3 is 2.60 bits per heavy atom. The van der Waals surface area contributed by atoms with E-state index in [9.17, 15) is 0 Å². The second-order valence-electron chi connectivity index (χ2n) is 6.61. The Morgan fingerprint density at radius 1 is 0.920 bits per heavy atom. The standard InChI is InChI=1S/C23H21ClO/c1-16-19(10-6-11-20(16)17-7-3-2-4-8-17)15-25-23-21-12-5-9-18(21)13-14-22(23)24/h2-4,6-8,10-11,13-14H,5,9,12,15H2,1H3. The van der Waals surface area contributed by atoms with Crippen LogP contribution in [-0.4, -0.2) is 0 Å². The highest BCUT2D eigenvalue weighted by molar-refractivity contribution is 6.32. The van der Waals surface area contributed by atoms with Crippen molar-refractivity contribution in [3.8, 4) is 16.9 Å². The van der Waals surface area contributed by atoms with Crippen molar-refractivity contribution < 1.29 is 4.74 Å². The summed E-state index contributed by atoms with van der Waals surface area (Å²) < 4.78 is 6.21. The maximum atomic E-state index is 6.42. The number of hydrogen-bond donors (Lipinski definition) is 0. The minimum absolute atomic E-state index is 0.544. The van der Waals surface area contributed by atoms with Gasteiger partial charge in [-0.1, -0.05) is 66.2 Å². The Bertz CT molecular complexity index is 899. The molecule has 0 heterocycles. The fraction of sp³-hybridized carbons (Fsp3) is 0.217. The molecule has 0 radical (unpaired) electrons. The van der Waals surface area contributed by atoms with Crippen LogP contribution in [0.15, 0.2) is 60.7 Å². The molecule has 1 aliphatic rings. The highest BCUT2D eigenvalue weighted by Gasteiger charge is 2.19. The molecule has 0 aliphatic heterocycles. The molecular formula is C23H21ClO. The van der Waals surface area contributed by atoms with Gasteiger partial charge in [-0.05, 0) is 65.6 Å². The first-order valence-corrected chi connectivity index (χ1v) is 9.19. The van der Waals surface area contributed by atoms with E-state index in [1.807, 2.05) is 12.1 Å². The molecule has 0 fully saturated rings. The summed E-state index contributed by atoms with van der Waals surface area (Å²) in [7, 11) is 0. The van der Waals surface area contributed by atoms with Crippen LogP contribution in [0.3, 0.4) is 0 Å². The van der Waals surface area contributed by atoms with E-state index in [2.05, 4.69) is 55.5 Å². The van der Waals surface area contributed by atoms with Crippen molar-refractivity contribution in [2.45, 2.75) is 32.8 Å². The fourth-order valence-electron chi connectivity index (χ4n) is 3.68. The third-order valence-electron chi connectivity index (χ3n) is 5.09. The van der Waals surface area contributed by atoms with Crippen LogP contribution in [0, 0.1) is 6.92 Å². The molecule has 2 heteroatoms. The lowest BCUT2D eigenvalue weighted by Gasteiger charge is -2.16. The minimum atomic E-state index is 0.544. The number of rotatable bonds is 4. The predicted molar refractivity (Wildman–Crippen MR) is 104 cm³/mol. The summed E-state index contributed by atoms with van der Waals surface area (Å²) in [5.74, 6) is 0.876. The van der Waals surface area contributed by atoms with Gasteiger partial charge in [-0.3, -0.25) is 0 Å². The van der Waals surface area contributed by atoms with Gasteiger partial charge in [0.1, 0.15) is 12.4 Å². The summed E-state index contributed by atoms with van der Waals surface area (Å²) in [6, 6.07) is 21.0. The van der Waals surface area contributed by atoms with Crippen molar-refractivity contribution in [2.75, 3.05) is 0 Å². The quantitative estimate of drug-likeness (QED) is 0.531. The van der Waals surface area contributed by atoms with Crippen molar-refractivity contribution in [1.29, 1.82) is 0 Å². The second kappa shape index (κ2) is 6.93. The molecule has 3 aromatic carbocycles. The highest BCUT2D eigenvalue weighted by atomic mass is 35.5. The Labute approximate surface area is 154 Å². The normalized spacial score (nSPS) is 12.9. The number of ether oxygens (including phenoxy) is 1. The molecule has 0 atom stereocenters. The van der Waals surface area contributed by atoms with E-state index in [1.165, 1.54) is 39.8 Å². The number of aryl methyl sites for hydroxylation is 1. The van der Waals surface area contributed by atoms with Gasteiger partial charge in [0.05, 0.1) is 5.02 Å². The van der Waals surface area contributed by atoms with Crippen LogP contribution in [-0.2, 0) is 19.4 Å². The maximum Gasteiger partial charge on any atom is 0.141 e. The summed E-state index contributed by atoms with van der Waals surface area (Å²) in [5.41, 5.74) is 7.63. The van der Waals surface area contributed by atoms with E-state index < -0.39 is 0 Å². The molecule has 0 aromatic heterocycles. The lowest BCUT2D eigenvalue weighted by atomic mass is 9.97. The Morgan fingerprint density at radius 2 is 1.76 bits per heavy atom. The summed E-state index contributed by atoms with van der Waals surface area (Å²) in [6.45, 7) is 2.71. The molecule has 0 saturated heterocycles. The van der Waals surface area contributed by atoms with E-state index >= 15 is 0 Å². The zero-order chi connectivity index (χ0) is 17.2. The minimum Gasteiger partial charge on any atom is -0.487 e. The molecule has 0 amide bonds. The van der Waals surface area contributed by atoms with Gasteiger partial charge >= 0.3 is 0 Å². The molecule has 4 rings (SSSR count). The van der Waals surface area contributed by atoms with Gasteiger partial charge in [0.15, 0.2) is 0 Å². The first kappa shape index (κ1) is 16.2. The van der Waals surface area contributed by atoms with Crippen molar-refractivity contribution in [3.63, 3.8) is 0 Å². The molecule has 0 bridgehead atoms. The zero-order valence-electron chi connectivity index (χ0n) is 14.4. The van der Waals surface area contributed by atoms with E-state index in [1.54, 1.807) is 0 Å². The first-order valence-electron chi connectivity index (χ1n) is 8.81. The van der Waals surface area contributed by atoms with Crippen LogP contribution in [0.1, 0.15) is 28.7 Å². The van der Waals surface area contributed by atoms with Crippen LogP contribution < -0.4 is 4.74 Å². The van der Waals surface area contributed by atoms with E-state index in [0.29, 0.717) is 6.61 Å². The van der Waals surface area contributed by atoms with E-state index in [0.717, 1.165) is 23.6 Å². The van der Waals surface area contributed by atoms with Crippen molar-refractivity contribution in [2.24, 2.45) is 0 Å². The van der Waals surface area contributed by atoms with Crippen LogP contribution in [0.2, 0.25) is 5.02 Å². The molecule has 1 aliphatic carbocycles. The van der Waals surface area contributed by atoms with Crippen molar-refractivity contribution in [3.05, 3.63) is 87.9 Å². The van der Waals surface area contributed by atoms with Gasteiger partial charge in [0, 0.05) is 0 Å². The number of fused-ring (bicyclic) bond motifs is 1. The molecule has 0 N–H and O–H groups in total. The summed E-state index contributed by atoms with van der Waals surface area (Å²) in [6.07, 6.45) is 3.38. The summed E-state index contributed by atoms with van der Waals surface area (Å²) >= 11 is 6.42. The topological polar surface area (TPSA) is 9.23 Å². The van der Waals surface area contributed by atoms with Crippen molar-refractivity contribution in [1.82, 2.24) is 0 Å². The third-order valence-corrected chi connectivity index (χ3v) is 5.38. The molecule has 1 nitrogen and oxygen atoms in total. The Kier molecular flexibility index (Phi) is 4.50. The SMILES string of the molecule is Cc1c(COc2c(Cl)ccc3c2CCC3)cccc1-c1ccccc1. The van der Waals surface area contributed by atoms with Gasteiger partial charge in [-0.2, -0.15) is 0 Å². The Hall–Kier alpha value is -2.25. The largest absolute Gasteiger partial charge is 0.487 e. The number of hydrogen-bond acceptors (Lipinski definition) is 1. The molecule has 0 spiro atoms. The lowest BCUT2D eigenvalue weighted by molar-refractivity contribution is 0.303. The first-order chi connectivity index (χ1) is 12.2. The fourth-order valence-corrected chi connectivity index (χ4v) is 3.91. The van der Waals surface area contributed by atoms with Gasteiger partial charge in [-0.25, -0.2) is 0 Å². The van der Waals surface area contributed by atoms with Gasteiger partial charge in [0.2, 0.25) is 0 Å². The van der Waals surface area contributed by atoms with Gasteiger partial charge in [-0.15, -0.1) is 0 Å². The maximum absolute atomic E-state index is 6.42. The second-order valence-corrected chi connectivity index (χ2v) is 7.02. The Balaban J connectivity index is 1.62.